The smallest absolute Gasteiger partial charge is 0.407 e. The summed E-state index contributed by atoms with van der Waals surface area (Å²) in [6.45, 7) is 6.30. The summed E-state index contributed by atoms with van der Waals surface area (Å²) < 4.78 is 10.7. The molecule has 1 amide bonds. The summed E-state index contributed by atoms with van der Waals surface area (Å²) in [5.74, 6) is 2.90. The normalized spacial score (nSPS) is 18.1. The molecule has 1 rings (SSSR count). The molecule has 0 bridgehead atoms. The van der Waals surface area contributed by atoms with Gasteiger partial charge in [0.05, 0.1) is 12.6 Å². The molecule has 0 spiro atoms. The van der Waals surface area contributed by atoms with Crippen LogP contribution in [0.3, 0.4) is 0 Å². The van der Waals surface area contributed by atoms with Crippen molar-refractivity contribution in [3.05, 3.63) is 0 Å². The number of ether oxygens (including phenoxy) is 2. The quantitative estimate of drug-likeness (QED) is 0.622. The first-order valence-electron chi connectivity index (χ1n) is 7.43. The van der Waals surface area contributed by atoms with Gasteiger partial charge < -0.3 is 14.8 Å². The summed E-state index contributed by atoms with van der Waals surface area (Å²) in [6.07, 6.45) is 10.8. The molecule has 4 heteroatoms. The maximum Gasteiger partial charge on any atom is 0.407 e. The number of terminal acetylenes is 1. The lowest BCUT2D eigenvalue weighted by molar-refractivity contribution is 0.0397. The van der Waals surface area contributed by atoms with Crippen molar-refractivity contribution in [1.29, 1.82) is 0 Å². The fourth-order valence-electron chi connectivity index (χ4n) is 2.54. The third-order valence-electron chi connectivity index (χ3n) is 3.40. The van der Waals surface area contributed by atoms with E-state index in [1.807, 2.05) is 20.8 Å². The van der Waals surface area contributed by atoms with Crippen molar-refractivity contribution in [3.8, 4) is 12.3 Å². The zero-order chi connectivity index (χ0) is 15.0. The fraction of sp³-hybridized carbons (Fsp3) is 0.812. The van der Waals surface area contributed by atoms with Crippen molar-refractivity contribution >= 4 is 6.09 Å². The van der Waals surface area contributed by atoms with Gasteiger partial charge in [0.15, 0.2) is 0 Å². The Bertz CT molecular complexity index is 335. The van der Waals surface area contributed by atoms with Gasteiger partial charge >= 0.3 is 6.09 Å². The van der Waals surface area contributed by atoms with Crippen LogP contribution in [0.2, 0.25) is 0 Å². The van der Waals surface area contributed by atoms with Gasteiger partial charge in [-0.15, -0.1) is 6.42 Å². The van der Waals surface area contributed by atoms with E-state index in [9.17, 15) is 4.79 Å². The van der Waals surface area contributed by atoms with Crippen LogP contribution < -0.4 is 5.32 Å². The molecule has 0 aliphatic heterocycles. The van der Waals surface area contributed by atoms with Crippen molar-refractivity contribution in [3.63, 3.8) is 0 Å². The molecule has 1 N–H and O–H groups in total. The molecule has 20 heavy (non-hydrogen) atoms. The monoisotopic (exact) mass is 281 g/mol. The van der Waals surface area contributed by atoms with Gasteiger partial charge in [0, 0.05) is 0 Å². The van der Waals surface area contributed by atoms with Crippen molar-refractivity contribution in [2.24, 2.45) is 5.92 Å². The molecule has 0 aromatic carbocycles. The summed E-state index contributed by atoms with van der Waals surface area (Å²) >= 11 is 0. The fourth-order valence-corrected chi connectivity index (χ4v) is 2.54. The SMILES string of the molecule is C#CCOC[C@@H](NC(=O)OC(C)(C)C)C1CCCCC1. The van der Waals surface area contributed by atoms with Gasteiger partial charge in [-0.05, 0) is 39.5 Å². The summed E-state index contributed by atoms with van der Waals surface area (Å²) in [5.41, 5.74) is -0.485. The van der Waals surface area contributed by atoms with Gasteiger partial charge in [-0.3, -0.25) is 0 Å². The molecule has 1 atom stereocenters. The van der Waals surface area contributed by atoms with Crippen LogP contribution in [0.15, 0.2) is 0 Å². The summed E-state index contributed by atoms with van der Waals surface area (Å²) in [5, 5.41) is 2.95. The van der Waals surface area contributed by atoms with Gasteiger partial charge in [0.25, 0.3) is 0 Å². The maximum absolute atomic E-state index is 11.9. The van der Waals surface area contributed by atoms with Crippen LogP contribution in [0.5, 0.6) is 0 Å². The molecule has 0 aromatic heterocycles. The molecule has 0 radical (unpaired) electrons. The number of carbonyl (C=O) groups is 1. The van der Waals surface area contributed by atoms with Crippen LogP contribution in [0.1, 0.15) is 52.9 Å². The number of nitrogens with one attached hydrogen (secondary N) is 1. The van der Waals surface area contributed by atoms with Gasteiger partial charge in [-0.1, -0.05) is 25.2 Å². The van der Waals surface area contributed by atoms with Gasteiger partial charge in [-0.2, -0.15) is 0 Å². The minimum atomic E-state index is -0.485. The molecule has 4 nitrogen and oxygen atoms in total. The molecular weight excluding hydrogens is 254 g/mol. The Kier molecular flexibility index (Phi) is 6.87. The lowest BCUT2D eigenvalue weighted by atomic mass is 9.84. The molecule has 0 aromatic rings. The van der Waals surface area contributed by atoms with E-state index >= 15 is 0 Å². The molecular formula is C16H27NO3. The van der Waals surface area contributed by atoms with E-state index in [0.29, 0.717) is 12.5 Å². The second kappa shape index (κ2) is 8.16. The Balaban J connectivity index is 2.52. The van der Waals surface area contributed by atoms with Gasteiger partial charge in [-0.25, -0.2) is 4.79 Å². The zero-order valence-corrected chi connectivity index (χ0v) is 12.9. The zero-order valence-electron chi connectivity index (χ0n) is 12.9. The van der Waals surface area contributed by atoms with Crippen molar-refractivity contribution in [2.75, 3.05) is 13.2 Å². The second-order valence-electron chi connectivity index (χ2n) is 6.37. The van der Waals surface area contributed by atoms with Crippen molar-refractivity contribution in [2.45, 2.75) is 64.5 Å². The average molecular weight is 281 g/mol. The highest BCUT2D eigenvalue weighted by Crippen LogP contribution is 2.27. The molecule has 1 aliphatic rings. The molecule has 0 unspecified atom stereocenters. The van der Waals surface area contributed by atoms with Crippen molar-refractivity contribution < 1.29 is 14.3 Å². The summed E-state index contributed by atoms with van der Waals surface area (Å²) in [4.78, 5) is 11.9. The largest absolute Gasteiger partial charge is 0.444 e. The summed E-state index contributed by atoms with van der Waals surface area (Å²) in [6, 6.07) is -0.0153. The molecule has 1 fully saturated rings. The first kappa shape index (κ1) is 16.8. The van der Waals surface area contributed by atoms with Crippen LogP contribution in [-0.2, 0) is 9.47 Å². The van der Waals surface area contributed by atoms with E-state index in [4.69, 9.17) is 15.9 Å². The van der Waals surface area contributed by atoms with Crippen LogP contribution in [-0.4, -0.2) is 30.9 Å². The highest BCUT2D eigenvalue weighted by molar-refractivity contribution is 5.68. The Morgan fingerprint density at radius 2 is 2.00 bits per heavy atom. The third-order valence-corrected chi connectivity index (χ3v) is 3.40. The van der Waals surface area contributed by atoms with E-state index in [2.05, 4.69) is 11.2 Å². The van der Waals surface area contributed by atoms with E-state index in [1.54, 1.807) is 0 Å². The Hall–Kier alpha value is -1.21. The first-order chi connectivity index (χ1) is 9.42. The predicted molar refractivity (Wildman–Crippen MR) is 79.4 cm³/mol. The predicted octanol–water partition coefficient (Wildman–Crippen LogP) is 3.11. The standard InChI is InChI=1S/C16H27NO3/c1-5-11-19-12-14(13-9-7-6-8-10-13)17-15(18)20-16(2,3)4/h1,13-14H,6-12H2,2-4H3,(H,17,18)/t14-/m1/s1. The Morgan fingerprint density at radius 3 is 2.55 bits per heavy atom. The Morgan fingerprint density at radius 1 is 1.35 bits per heavy atom. The van der Waals surface area contributed by atoms with Crippen LogP contribution in [0, 0.1) is 18.3 Å². The van der Waals surface area contributed by atoms with Crippen LogP contribution in [0.4, 0.5) is 4.79 Å². The maximum atomic E-state index is 11.9. The Labute approximate surface area is 122 Å². The third kappa shape index (κ3) is 6.81. The minimum Gasteiger partial charge on any atom is -0.444 e. The molecule has 0 heterocycles. The lowest BCUT2D eigenvalue weighted by Gasteiger charge is -2.31. The topological polar surface area (TPSA) is 47.6 Å². The minimum absolute atomic E-state index is 0.0153. The van der Waals surface area contributed by atoms with Gasteiger partial charge in [0.1, 0.15) is 12.2 Å². The molecule has 114 valence electrons. The highest BCUT2D eigenvalue weighted by atomic mass is 16.6. The van der Waals surface area contributed by atoms with Crippen LogP contribution in [0.25, 0.3) is 0 Å². The lowest BCUT2D eigenvalue weighted by Crippen LogP contribution is -2.46. The van der Waals surface area contributed by atoms with E-state index in [-0.39, 0.29) is 18.7 Å². The van der Waals surface area contributed by atoms with Crippen molar-refractivity contribution in [1.82, 2.24) is 5.32 Å². The molecule has 0 saturated heterocycles. The number of carbonyl (C=O) groups excluding carboxylic acids is 1. The second-order valence-corrected chi connectivity index (χ2v) is 6.37. The van der Waals surface area contributed by atoms with E-state index in [0.717, 1.165) is 12.8 Å². The molecule has 1 aliphatic carbocycles. The number of amides is 1. The van der Waals surface area contributed by atoms with E-state index in [1.165, 1.54) is 19.3 Å². The molecule has 1 saturated carbocycles. The highest BCUT2D eigenvalue weighted by Gasteiger charge is 2.27. The number of alkyl carbamates (subject to hydrolysis) is 1. The van der Waals surface area contributed by atoms with Gasteiger partial charge in [0.2, 0.25) is 0 Å². The average Bonchev–Trinajstić information content (AvgIpc) is 2.37. The first-order valence-corrected chi connectivity index (χ1v) is 7.43. The number of hydrogen-bond acceptors (Lipinski definition) is 3. The van der Waals surface area contributed by atoms with E-state index < -0.39 is 5.60 Å². The summed E-state index contributed by atoms with van der Waals surface area (Å²) in [7, 11) is 0. The van der Waals surface area contributed by atoms with Crippen LogP contribution >= 0.6 is 0 Å². The number of hydrogen-bond donors (Lipinski definition) is 1. The number of rotatable bonds is 5.